The Hall–Kier alpha value is -2.12. The molecular formula is C13H16N4O2S. The first-order valence-electron chi connectivity index (χ1n) is 6.14. The predicted molar refractivity (Wildman–Crippen MR) is 80.2 cm³/mol. The van der Waals surface area contributed by atoms with Gasteiger partial charge in [0.2, 0.25) is 0 Å². The number of thiazole rings is 1. The van der Waals surface area contributed by atoms with E-state index in [1.54, 1.807) is 23.7 Å². The van der Waals surface area contributed by atoms with Crippen LogP contribution < -0.4 is 21.1 Å². The van der Waals surface area contributed by atoms with Crippen molar-refractivity contribution in [2.24, 2.45) is 5.73 Å². The van der Waals surface area contributed by atoms with E-state index in [9.17, 15) is 4.79 Å². The molecule has 1 aromatic heterocycles. The molecule has 0 bridgehead atoms. The standard InChI is InChI=1S/C13H16N4O2S/c14-5-6-15-10-1-3-11(4-2-10)19-9-12(18)17-13-16-7-8-20-13/h1-4,7-8,15H,5-6,9,14H2,(H,16,17,18). The molecule has 20 heavy (non-hydrogen) atoms. The summed E-state index contributed by atoms with van der Waals surface area (Å²) in [4.78, 5) is 15.6. The number of nitrogens with one attached hydrogen (secondary N) is 2. The molecule has 0 spiro atoms. The van der Waals surface area contributed by atoms with Crippen LogP contribution in [0.15, 0.2) is 35.8 Å². The first-order valence-corrected chi connectivity index (χ1v) is 7.02. The second kappa shape index (κ2) is 7.46. The zero-order chi connectivity index (χ0) is 14.2. The quantitative estimate of drug-likeness (QED) is 0.720. The fraction of sp³-hybridized carbons (Fsp3) is 0.231. The number of ether oxygens (including phenoxy) is 1. The summed E-state index contributed by atoms with van der Waals surface area (Å²) in [5, 5.41) is 8.16. The Bertz CT molecular complexity index is 528. The molecule has 1 aromatic carbocycles. The summed E-state index contributed by atoms with van der Waals surface area (Å²) in [6.07, 6.45) is 1.63. The molecule has 7 heteroatoms. The normalized spacial score (nSPS) is 10.1. The van der Waals surface area contributed by atoms with Gasteiger partial charge in [0.1, 0.15) is 5.75 Å². The van der Waals surface area contributed by atoms with E-state index in [0.29, 0.717) is 17.4 Å². The lowest BCUT2D eigenvalue weighted by molar-refractivity contribution is -0.118. The molecular weight excluding hydrogens is 276 g/mol. The third kappa shape index (κ3) is 4.52. The zero-order valence-electron chi connectivity index (χ0n) is 10.8. The number of hydrogen-bond donors (Lipinski definition) is 3. The molecule has 106 valence electrons. The van der Waals surface area contributed by atoms with E-state index in [4.69, 9.17) is 10.5 Å². The van der Waals surface area contributed by atoms with E-state index >= 15 is 0 Å². The van der Waals surface area contributed by atoms with E-state index in [1.807, 2.05) is 12.1 Å². The van der Waals surface area contributed by atoms with E-state index < -0.39 is 0 Å². The Balaban J connectivity index is 1.77. The Labute approximate surface area is 121 Å². The van der Waals surface area contributed by atoms with Crippen molar-refractivity contribution in [1.82, 2.24) is 4.98 Å². The van der Waals surface area contributed by atoms with Crippen molar-refractivity contribution in [2.75, 3.05) is 30.3 Å². The fourth-order valence-electron chi connectivity index (χ4n) is 1.47. The molecule has 4 N–H and O–H groups in total. The van der Waals surface area contributed by atoms with Gasteiger partial charge in [0.15, 0.2) is 11.7 Å². The number of carbonyl (C=O) groups excluding carboxylic acids is 1. The molecule has 2 aromatic rings. The van der Waals surface area contributed by atoms with Gasteiger partial charge >= 0.3 is 0 Å². The van der Waals surface area contributed by atoms with E-state index in [2.05, 4.69) is 15.6 Å². The maximum absolute atomic E-state index is 11.6. The molecule has 0 aliphatic carbocycles. The Morgan fingerprint density at radius 3 is 2.80 bits per heavy atom. The van der Waals surface area contributed by atoms with Crippen LogP contribution in [-0.4, -0.2) is 30.6 Å². The number of amides is 1. The second-order valence-electron chi connectivity index (χ2n) is 3.91. The van der Waals surface area contributed by atoms with Gasteiger partial charge in [-0.2, -0.15) is 0 Å². The van der Waals surface area contributed by atoms with Crippen LogP contribution in [0.25, 0.3) is 0 Å². The molecule has 0 radical (unpaired) electrons. The average molecular weight is 292 g/mol. The van der Waals surface area contributed by atoms with E-state index in [0.717, 1.165) is 12.2 Å². The molecule has 1 heterocycles. The predicted octanol–water partition coefficient (Wildman–Crippen LogP) is 1.53. The highest BCUT2D eigenvalue weighted by Crippen LogP contribution is 2.15. The number of hydrogen-bond acceptors (Lipinski definition) is 6. The molecule has 2 rings (SSSR count). The number of carbonyl (C=O) groups is 1. The molecule has 0 aliphatic heterocycles. The number of anilines is 2. The Kier molecular flexibility index (Phi) is 5.33. The number of aromatic nitrogens is 1. The van der Waals surface area contributed by atoms with Crippen molar-refractivity contribution in [3.63, 3.8) is 0 Å². The van der Waals surface area contributed by atoms with Crippen LogP contribution in [0.5, 0.6) is 5.75 Å². The van der Waals surface area contributed by atoms with Gasteiger partial charge in [-0.05, 0) is 24.3 Å². The number of rotatable bonds is 7. The summed E-state index contributed by atoms with van der Waals surface area (Å²) in [6, 6.07) is 7.36. The number of nitrogens with two attached hydrogens (primary N) is 1. The minimum absolute atomic E-state index is 0.0465. The first kappa shape index (κ1) is 14.3. The van der Waals surface area contributed by atoms with Gasteiger partial charge < -0.3 is 15.8 Å². The van der Waals surface area contributed by atoms with Crippen LogP contribution in [0.3, 0.4) is 0 Å². The van der Waals surface area contributed by atoms with Crippen LogP contribution in [0.4, 0.5) is 10.8 Å². The van der Waals surface area contributed by atoms with Gasteiger partial charge in [0.25, 0.3) is 5.91 Å². The second-order valence-corrected chi connectivity index (χ2v) is 4.81. The monoisotopic (exact) mass is 292 g/mol. The van der Waals surface area contributed by atoms with Gasteiger partial charge in [-0.15, -0.1) is 11.3 Å². The maximum atomic E-state index is 11.6. The van der Waals surface area contributed by atoms with Crippen molar-refractivity contribution < 1.29 is 9.53 Å². The molecule has 0 atom stereocenters. The van der Waals surface area contributed by atoms with Crippen molar-refractivity contribution in [3.05, 3.63) is 35.8 Å². The van der Waals surface area contributed by atoms with Crippen molar-refractivity contribution >= 4 is 28.1 Å². The lowest BCUT2D eigenvalue weighted by Crippen LogP contribution is -2.20. The Morgan fingerprint density at radius 1 is 1.35 bits per heavy atom. The van der Waals surface area contributed by atoms with Crippen LogP contribution in [0, 0.1) is 0 Å². The molecule has 0 saturated carbocycles. The van der Waals surface area contributed by atoms with E-state index in [1.165, 1.54) is 11.3 Å². The highest BCUT2D eigenvalue weighted by Gasteiger charge is 2.05. The summed E-state index contributed by atoms with van der Waals surface area (Å²) in [5.74, 6) is 0.405. The van der Waals surface area contributed by atoms with Crippen LogP contribution >= 0.6 is 11.3 Å². The lowest BCUT2D eigenvalue weighted by atomic mass is 10.3. The van der Waals surface area contributed by atoms with Gasteiger partial charge in [-0.25, -0.2) is 4.98 Å². The maximum Gasteiger partial charge on any atom is 0.264 e. The third-order valence-electron chi connectivity index (χ3n) is 2.38. The number of benzene rings is 1. The van der Waals surface area contributed by atoms with Gasteiger partial charge in [-0.3, -0.25) is 10.1 Å². The first-order chi connectivity index (χ1) is 9.78. The highest BCUT2D eigenvalue weighted by atomic mass is 32.1. The van der Waals surface area contributed by atoms with Crippen molar-refractivity contribution in [1.29, 1.82) is 0 Å². The summed E-state index contributed by atoms with van der Waals surface area (Å²) in [6.45, 7) is 1.25. The largest absolute Gasteiger partial charge is 0.484 e. The molecule has 0 unspecified atom stereocenters. The summed E-state index contributed by atoms with van der Waals surface area (Å²) in [5.41, 5.74) is 6.37. The summed E-state index contributed by atoms with van der Waals surface area (Å²) < 4.78 is 5.39. The fourth-order valence-corrected chi connectivity index (χ4v) is 2.02. The number of nitrogens with zero attached hydrogens (tertiary/aromatic N) is 1. The van der Waals surface area contributed by atoms with Crippen molar-refractivity contribution in [2.45, 2.75) is 0 Å². The Morgan fingerprint density at radius 2 is 2.15 bits per heavy atom. The van der Waals surface area contributed by atoms with Gasteiger partial charge in [0.05, 0.1) is 0 Å². The smallest absolute Gasteiger partial charge is 0.264 e. The molecule has 0 saturated heterocycles. The van der Waals surface area contributed by atoms with Crippen LogP contribution in [-0.2, 0) is 4.79 Å². The topological polar surface area (TPSA) is 89.3 Å². The minimum atomic E-state index is -0.231. The SMILES string of the molecule is NCCNc1ccc(OCC(=O)Nc2nccs2)cc1. The molecule has 0 aliphatic rings. The van der Waals surface area contributed by atoms with Gasteiger partial charge in [0, 0.05) is 30.4 Å². The molecule has 0 fully saturated rings. The van der Waals surface area contributed by atoms with Crippen LogP contribution in [0.2, 0.25) is 0 Å². The summed E-state index contributed by atoms with van der Waals surface area (Å²) in [7, 11) is 0. The lowest BCUT2D eigenvalue weighted by Gasteiger charge is -2.08. The average Bonchev–Trinajstić information content (AvgIpc) is 2.97. The molecule has 1 amide bonds. The van der Waals surface area contributed by atoms with Gasteiger partial charge in [-0.1, -0.05) is 0 Å². The van der Waals surface area contributed by atoms with Crippen molar-refractivity contribution in [3.8, 4) is 5.75 Å². The highest BCUT2D eigenvalue weighted by molar-refractivity contribution is 7.13. The van der Waals surface area contributed by atoms with E-state index in [-0.39, 0.29) is 12.5 Å². The minimum Gasteiger partial charge on any atom is -0.484 e. The third-order valence-corrected chi connectivity index (χ3v) is 3.06. The van der Waals surface area contributed by atoms with Crippen LogP contribution in [0.1, 0.15) is 0 Å². The summed E-state index contributed by atoms with van der Waals surface area (Å²) >= 11 is 1.37. The zero-order valence-corrected chi connectivity index (χ0v) is 11.7. The molecule has 6 nitrogen and oxygen atoms in total.